The molecule has 3 heterocycles. The molecule has 0 bridgehead atoms. The third-order valence-electron chi connectivity index (χ3n) is 5.76. The molecule has 0 aliphatic carbocycles. The minimum Gasteiger partial charge on any atom is -0.478 e. The monoisotopic (exact) mass is 440 g/mol. The number of pyridine rings is 1. The number of aromatic carboxylic acids is 1. The zero-order valence-corrected chi connectivity index (χ0v) is 18.8. The Morgan fingerprint density at radius 3 is 2.67 bits per heavy atom. The first kappa shape index (κ1) is 20.9. The number of imidazole rings is 1. The van der Waals surface area contributed by atoms with Crippen LogP contribution in [0.25, 0.3) is 33.7 Å². The van der Waals surface area contributed by atoms with E-state index in [2.05, 4.69) is 29.5 Å². The lowest BCUT2D eigenvalue weighted by atomic mass is 10.1. The molecule has 0 unspecified atom stereocenters. The van der Waals surface area contributed by atoms with Crippen molar-refractivity contribution >= 4 is 28.2 Å². The normalized spacial score (nSPS) is 11.5. The summed E-state index contributed by atoms with van der Waals surface area (Å²) >= 11 is 0. The van der Waals surface area contributed by atoms with Crippen molar-refractivity contribution in [2.75, 3.05) is 0 Å². The Kier molecular flexibility index (Phi) is 5.17. The highest BCUT2D eigenvalue weighted by molar-refractivity contribution is 5.95. The van der Waals surface area contributed by atoms with Crippen LogP contribution in [0.2, 0.25) is 0 Å². The highest BCUT2D eigenvalue weighted by atomic mass is 16.4. The third kappa shape index (κ3) is 3.75. The van der Waals surface area contributed by atoms with Crippen LogP contribution >= 0.6 is 0 Å². The van der Waals surface area contributed by atoms with Gasteiger partial charge in [0.25, 0.3) is 0 Å². The number of nitrogens with zero attached hydrogens (tertiary/aromatic N) is 4. The molecule has 7 nitrogen and oxygen atoms in total. The van der Waals surface area contributed by atoms with E-state index < -0.39 is 5.97 Å². The molecule has 1 N–H and O–H groups in total. The Bertz CT molecular complexity index is 1510. The van der Waals surface area contributed by atoms with Gasteiger partial charge in [-0.1, -0.05) is 25.1 Å². The van der Waals surface area contributed by atoms with Crippen LogP contribution in [0.3, 0.4) is 0 Å². The fraction of sp³-hybridized carbons (Fsp3) is 0.231. The zero-order valence-electron chi connectivity index (χ0n) is 18.8. The Morgan fingerprint density at radius 1 is 1.06 bits per heavy atom. The summed E-state index contributed by atoms with van der Waals surface area (Å²) in [6.45, 7) is 6.84. The van der Waals surface area contributed by atoms with E-state index in [9.17, 15) is 9.90 Å². The summed E-state index contributed by atoms with van der Waals surface area (Å²) < 4.78 is 8.07. The number of carbonyl (C=O) groups is 1. The quantitative estimate of drug-likeness (QED) is 0.372. The molecule has 33 heavy (non-hydrogen) atoms. The van der Waals surface area contributed by atoms with Crippen molar-refractivity contribution in [3.05, 3.63) is 76.7 Å². The molecule has 0 fully saturated rings. The first-order valence-corrected chi connectivity index (χ1v) is 11.0. The fourth-order valence-corrected chi connectivity index (χ4v) is 4.25. The van der Waals surface area contributed by atoms with Gasteiger partial charge < -0.3 is 14.1 Å². The van der Waals surface area contributed by atoms with Crippen LogP contribution in [0.1, 0.15) is 46.3 Å². The maximum atomic E-state index is 11.6. The SMILES string of the molecule is CCCc1nc2c(C)cc(C)nc2n1Cc1ccc2oc(-c3ccccc3C(=O)O)nc2c1. The number of aryl methyl sites for hydroxylation is 3. The molecule has 0 aliphatic heterocycles. The Hall–Kier alpha value is -4.00. The maximum absolute atomic E-state index is 11.6. The molecule has 5 rings (SSSR count). The van der Waals surface area contributed by atoms with Gasteiger partial charge in [-0.2, -0.15) is 0 Å². The Morgan fingerprint density at radius 2 is 1.88 bits per heavy atom. The van der Waals surface area contributed by atoms with Crippen LogP contribution in [-0.4, -0.2) is 30.6 Å². The zero-order chi connectivity index (χ0) is 23.1. The van der Waals surface area contributed by atoms with Crippen molar-refractivity contribution in [2.24, 2.45) is 0 Å². The Labute approximate surface area is 190 Å². The van der Waals surface area contributed by atoms with Gasteiger partial charge in [0, 0.05) is 12.1 Å². The van der Waals surface area contributed by atoms with Crippen molar-refractivity contribution < 1.29 is 14.3 Å². The van der Waals surface area contributed by atoms with E-state index in [-0.39, 0.29) is 5.56 Å². The van der Waals surface area contributed by atoms with Crippen molar-refractivity contribution in [1.82, 2.24) is 19.5 Å². The van der Waals surface area contributed by atoms with Crippen LogP contribution in [0.15, 0.2) is 52.9 Å². The Balaban J connectivity index is 1.57. The van der Waals surface area contributed by atoms with Crippen molar-refractivity contribution in [2.45, 2.75) is 40.2 Å². The molecular weight excluding hydrogens is 416 g/mol. The van der Waals surface area contributed by atoms with E-state index in [4.69, 9.17) is 14.4 Å². The standard InChI is InChI=1S/C26H24N4O3/c1-4-7-22-29-23-15(2)12-16(3)27-24(23)30(22)14-17-10-11-21-20(13-17)28-25(33-21)18-8-5-6-9-19(18)26(31)32/h5-6,8-13H,4,7,14H2,1-3H3,(H,31,32). The lowest BCUT2D eigenvalue weighted by Crippen LogP contribution is -2.06. The smallest absolute Gasteiger partial charge is 0.336 e. The summed E-state index contributed by atoms with van der Waals surface area (Å²) in [5.41, 5.74) is 6.91. The number of rotatable bonds is 6. The molecule has 0 saturated carbocycles. The van der Waals surface area contributed by atoms with E-state index in [0.29, 0.717) is 29.1 Å². The molecule has 0 radical (unpaired) electrons. The second-order valence-corrected chi connectivity index (χ2v) is 8.29. The van der Waals surface area contributed by atoms with Crippen LogP contribution in [0.5, 0.6) is 0 Å². The second-order valence-electron chi connectivity index (χ2n) is 8.29. The molecule has 166 valence electrons. The molecule has 0 spiro atoms. The number of oxazole rings is 1. The van der Waals surface area contributed by atoms with Gasteiger partial charge in [-0.25, -0.2) is 19.7 Å². The number of fused-ring (bicyclic) bond motifs is 2. The number of carboxylic acid groups (broad SMARTS) is 1. The van der Waals surface area contributed by atoms with Crippen molar-refractivity contribution in [3.63, 3.8) is 0 Å². The van der Waals surface area contributed by atoms with Gasteiger partial charge in [0.1, 0.15) is 16.9 Å². The number of aromatic nitrogens is 4. The minimum absolute atomic E-state index is 0.162. The van der Waals surface area contributed by atoms with E-state index >= 15 is 0 Å². The van der Waals surface area contributed by atoms with Crippen molar-refractivity contribution in [1.29, 1.82) is 0 Å². The van der Waals surface area contributed by atoms with Crippen LogP contribution in [-0.2, 0) is 13.0 Å². The molecule has 7 heteroatoms. The summed E-state index contributed by atoms with van der Waals surface area (Å²) in [6.07, 6.45) is 1.87. The van der Waals surface area contributed by atoms with E-state index in [1.165, 1.54) is 0 Å². The number of hydrogen-bond acceptors (Lipinski definition) is 5. The summed E-state index contributed by atoms with van der Waals surface area (Å²) in [5, 5.41) is 9.50. The molecule has 0 atom stereocenters. The molecule has 0 amide bonds. The third-order valence-corrected chi connectivity index (χ3v) is 5.76. The van der Waals surface area contributed by atoms with Gasteiger partial charge in [0.05, 0.1) is 17.7 Å². The van der Waals surface area contributed by atoms with Gasteiger partial charge in [-0.3, -0.25) is 0 Å². The molecular formula is C26H24N4O3. The lowest BCUT2D eigenvalue weighted by Gasteiger charge is -2.09. The first-order valence-electron chi connectivity index (χ1n) is 11.0. The van der Waals surface area contributed by atoms with Crippen molar-refractivity contribution in [3.8, 4) is 11.5 Å². The van der Waals surface area contributed by atoms with Gasteiger partial charge in [-0.05, 0) is 61.7 Å². The van der Waals surface area contributed by atoms with Gasteiger partial charge in [-0.15, -0.1) is 0 Å². The molecule has 5 aromatic rings. The molecule has 0 saturated heterocycles. The number of benzene rings is 2. The predicted molar refractivity (Wildman–Crippen MR) is 127 cm³/mol. The van der Waals surface area contributed by atoms with E-state index in [1.807, 2.05) is 25.1 Å². The highest BCUT2D eigenvalue weighted by Crippen LogP contribution is 2.28. The summed E-state index contributed by atoms with van der Waals surface area (Å²) in [6, 6.07) is 14.7. The lowest BCUT2D eigenvalue weighted by molar-refractivity contribution is 0.0697. The average molecular weight is 441 g/mol. The van der Waals surface area contributed by atoms with Gasteiger partial charge in [0.2, 0.25) is 5.89 Å². The van der Waals surface area contributed by atoms with Crippen LogP contribution in [0, 0.1) is 13.8 Å². The van der Waals surface area contributed by atoms with Gasteiger partial charge in [0.15, 0.2) is 11.2 Å². The van der Waals surface area contributed by atoms with E-state index in [0.717, 1.165) is 46.7 Å². The maximum Gasteiger partial charge on any atom is 0.336 e. The largest absolute Gasteiger partial charge is 0.478 e. The summed E-state index contributed by atoms with van der Waals surface area (Å²) in [7, 11) is 0. The molecule has 2 aromatic carbocycles. The average Bonchev–Trinajstić information content (AvgIpc) is 3.36. The minimum atomic E-state index is -1.01. The number of hydrogen-bond donors (Lipinski definition) is 1. The number of carboxylic acids is 1. The summed E-state index contributed by atoms with van der Waals surface area (Å²) in [5.74, 6) is 0.305. The van der Waals surface area contributed by atoms with Crippen LogP contribution < -0.4 is 0 Å². The second kappa shape index (κ2) is 8.16. The van der Waals surface area contributed by atoms with E-state index in [1.54, 1.807) is 24.3 Å². The molecule has 3 aromatic heterocycles. The molecule has 0 aliphatic rings. The van der Waals surface area contributed by atoms with Gasteiger partial charge >= 0.3 is 5.97 Å². The summed E-state index contributed by atoms with van der Waals surface area (Å²) in [4.78, 5) is 25.9. The highest BCUT2D eigenvalue weighted by Gasteiger charge is 2.18. The van der Waals surface area contributed by atoms with Crippen LogP contribution in [0.4, 0.5) is 0 Å². The topological polar surface area (TPSA) is 94.0 Å². The predicted octanol–water partition coefficient (Wildman–Crippen LogP) is 5.56. The fourth-order valence-electron chi connectivity index (χ4n) is 4.25. The first-order chi connectivity index (χ1) is 15.9.